The Bertz CT molecular complexity index is 1430. The number of rotatable bonds is 7. The number of aryl methyl sites for hydroxylation is 1. The Morgan fingerprint density at radius 1 is 1.03 bits per heavy atom. The van der Waals surface area contributed by atoms with Crippen LogP contribution in [0.5, 0.6) is 5.75 Å². The molecule has 170 valence electrons. The van der Waals surface area contributed by atoms with E-state index in [9.17, 15) is 14.4 Å². The number of carbonyl (C=O) groups is 1. The van der Waals surface area contributed by atoms with Crippen LogP contribution in [-0.4, -0.2) is 31.6 Å². The van der Waals surface area contributed by atoms with Crippen LogP contribution in [0.4, 0.5) is 0 Å². The van der Waals surface area contributed by atoms with Crippen molar-refractivity contribution in [3.05, 3.63) is 86.8 Å². The average molecular weight is 447 g/mol. The van der Waals surface area contributed by atoms with Gasteiger partial charge in [-0.1, -0.05) is 31.5 Å². The van der Waals surface area contributed by atoms with Gasteiger partial charge in [-0.2, -0.15) is 0 Å². The molecule has 0 atom stereocenters. The molecule has 0 N–H and O–H groups in total. The van der Waals surface area contributed by atoms with Gasteiger partial charge >= 0.3 is 5.69 Å². The summed E-state index contributed by atoms with van der Waals surface area (Å²) < 4.78 is 9.33. The lowest BCUT2D eigenvalue weighted by atomic mass is 10.1. The maximum atomic E-state index is 13.4. The van der Waals surface area contributed by atoms with Gasteiger partial charge in [0.25, 0.3) is 5.56 Å². The first-order chi connectivity index (χ1) is 15.8. The van der Waals surface area contributed by atoms with Crippen molar-refractivity contribution in [1.82, 2.24) is 18.7 Å². The van der Waals surface area contributed by atoms with Crippen LogP contribution in [0.3, 0.4) is 0 Å². The molecule has 0 bridgehead atoms. The molecule has 0 spiro atoms. The summed E-state index contributed by atoms with van der Waals surface area (Å²) >= 11 is 0. The number of imidazole rings is 1. The standard InChI is InChI=1S/C25H26N4O4/c1-16(2)13-28-24(31)22-23(29(25(28)32)19-9-5-17(3)6-10-19)26-15-27(22)14-21(30)18-7-11-20(33-4)12-8-18/h5-12,15-16H,13-14H2,1-4H3. The molecule has 0 unspecified atom stereocenters. The fourth-order valence-electron chi connectivity index (χ4n) is 3.78. The number of Topliss-reactive ketones (excluding diaryl/α,β-unsaturated/α-hetero) is 1. The third-order valence-corrected chi connectivity index (χ3v) is 5.47. The van der Waals surface area contributed by atoms with E-state index in [4.69, 9.17) is 4.74 Å². The van der Waals surface area contributed by atoms with Crippen molar-refractivity contribution in [3.63, 3.8) is 0 Å². The molecule has 8 heteroatoms. The first-order valence-electron chi connectivity index (χ1n) is 10.7. The summed E-state index contributed by atoms with van der Waals surface area (Å²) in [6, 6.07) is 14.2. The third-order valence-electron chi connectivity index (χ3n) is 5.47. The number of nitrogens with zero attached hydrogens (tertiary/aromatic N) is 4. The summed E-state index contributed by atoms with van der Waals surface area (Å²) in [5.41, 5.74) is 1.71. The van der Waals surface area contributed by atoms with Crippen LogP contribution in [-0.2, 0) is 13.1 Å². The van der Waals surface area contributed by atoms with Crippen molar-refractivity contribution in [1.29, 1.82) is 0 Å². The van der Waals surface area contributed by atoms with Gasteiger partial charge in [-0.05, 0) is 49.2 Å². The lowest BCUT2D eigenvalue weighted by Gasteiger charge is -2.14. The van der Waals surface area contributed by atoms with Crippen molar-refractivity contribution in [2.24, 2.45) is 5.92 Å². The van der Waals surface area contributed by atoms with Crippen LogP contribution in [0.1, 0.15) is 29.8 Å². The zero-order valence-electron chi connectivity index (χ0n) is 19.1. The van der Waals surface area contributed by atoms with E-state index >= 15 is 0 Å². The van der Waals surface area contributed by atoms with Gasteiger partial charge in [0.15, 0.2) is 16.9 Å². The third kappa shape index (κ3) is 4.24. The Morgan fingerprint density at radius 3 is 2.30 bits per heavy atom. The number of hydrogen-bond acceptors (Lipinski definition) is 5. The van der Waals surface area contributed by atoms with Crippen molar-refractivity contribution in [2.45, 2.75) is 33.9 Å². The predicted molar refractivity (Wildman–Crippen MR) is 126 cm³/mol. The molecule has 0 fully saturated rings. The Kier molecular flexibility index (Phi) is 6.00. The van der Waals surface area contributed by atoms with Gasteiger partial charge < -0.3 is 9.30 Å². The van der Waals surface area contributed by atoms with Crippen molar-refractivity contribution in [3.8, 4) is 11.4 Å². The summed E-state index contributed by atoms with van der Waals surface area (Å²) in [6.45, 7) is 6.03. The maximum Gasteiger partial charge on any atom is 0.337 e. The Morgan fingerprint density at radius 2 is 1.70 bits per heavy atom. The van der Waals surface area contributed by atoms with Gasteiger partial charge in [-0.3, -0.25) is 14.2 Å². The summed E-state index contributed by atoms with van der Waals surface area (Å²) in [6.07, 6.45) is 1.44. The summed E-state index contributed by atoms with van der Waals surface area (Å²) in [4.78, 5) is 44.0. The molecular weight excluding hydrogens is 420 g/mol. The fraction of sp³-hybridized carbons (Fsp3) is 0.280. The number of carbonyl (C=O) groups excluding carboxylic acids is 1. The van der Waals surface area contributed by atoms with Crippen molar-refractivity contribution in [2.75, 3.05) is 7.11 Å². The zero-order chi connectivity index (χ0) is 23.7. The highest BCUT2D eigenvalue weighted by molar-refractivity contribution is 5.96. The molecule has 0 aliphatic carbocycles. The number of ether oxygens (including phenoxy) is 1. The molecular formula is C25H26N4O4. The van der Waals surface area contributed by atoms with E-state index in [0.29, 0.717) is 17.0 Å². The van der Waals surface area contributed by atoms with E-state index in [1.807, 2.05) is 45.0 Å². The number of aromatic nitrogens is 4. The largest absolute Gasteiger partial charge is 0.497 e. The maximum absolute atomic E-state index is 13.4. The minimum atomic E-state index is -0.452. The monoisotopic (exact) mass is 446 g/mol. The van der Waals surface area contributed by atoms with Crippen molar-refractivity contribution < 1.29 is 9.53 Å². The van der Waals surface area contributed by atoms with Crippen LogP contribution >= 0.6 is 0 Å². The molecule has 0 radical (unpaired) electrons. The lowest BCUT2D eigenvalue weighted by molar-refractivity contribution is 0.0973. The van der Waals surface area contributed by atoms with E-state index in [1.54, 1.807) is 31.4 Å². The summed E-state index contributed by atoms with van der Waals surface area (Å²) in [5, 5.41) is 0. The molecule has 2 heterocycles. The van der Waals surface area contributed by atoms with E-state index in [1.165, 1.54) is 20.0 Å². The number of fused-ring (bicyclic) bond motifs is 1. The van der Waals surface area contributed by atoms with Crippen LogP contribution in [0.2, 0.25) is 0 Å². The predicted octanol–water partition coefficient (Wildman–Crippen LogP) is 3.20. The molecule has 8 nitrogen and oxygen atoms in total. The SMILES string of the molecule is COc1ccc(C(=O)Cn2cnc3c2c(=O)n(CC(C)C)c(=O)n3-c2ccc(C)cc2)cc1. The topological polar surface area (TPSA) is 88.1 Å². The first-order valence-corrected chi connectivity index (χ1v) is 10.7. The van der Waals surface area contributed by atoms with E-state index in [2.05, 4.69) is 4.98 Å². The molecule has 4 rings (SSSR count). The highest BCUT2D eigenvalue weighted by atomic mass is 16.5. The van der Waals surface area contributed by atoms with Gasteiger partial charge in [0.2, 0.25) is 0 Å². The number of methoxy groups -OCH3 is 1. The van der Waals surface area contributed by atoms with Crippen LogP contribution in [0.25, 0.3) is 16.9 Å². The minimum absolute atomic E-state index is 0.0775. The fourth-order valence-corrected chi connectivity index (χ4v) is 3.78. The lowest BCUT2D eigenvalue weighted by Crippen LogP contribution is -2.41. The van der Waals surface area contributed by atoms with Crippen LogP contribution in [0.15, 0.2) is 64.4 Å². The average Bonchev–Trinajstić information content (AvgIpc) is 3.21. The summed E-state index contributed by atoms with van der Waals surface area (Å²) in [5.74, 6) is 0.551. The van der Waals surface area contributed by atoms with E-state index in [-0.39, 0.29) is 36.0 Å². The van der Waals surface area contributed by atoms with E-state index in [0.717, 1.165) is 5.56 Å². The van der Waals surface area contributed by atoms with Gasteiger partial charge in [0.1, 0.15) is 5.75 Å². The second-order valence-corrected chi connectivity index (χ2v) is 8.46. The summed E-state index contributed by atoms with van der Waals surface area (Å²) in [7, 11) is 1.56. The molecule has 2 aromatic heterocycles. The second-order valence-electron chi connectivity index (χ2n) is 8.46. The first kappa shape index (κ1) is 22.3. The molecule has 33 heavy (non-hydrogen) atoms. The number of ketones is 1. The van der Waals surface area contributed by atoms with Crippen molar-refractivity contribution >= 4 is 16.9 Å². The van der Waals surface area contributed by atoms with Crippen LogP contribution < -0.4 is 16.0 Å². The molecule has 0 amide bonds. The van der Waals surface area contributed by atoms with Gasteiger partial charge in [-0.25, -0.2) is 14.3 Å². The zero-order valence-corrected chi connectivity index (χ0v) is 19.1. The molecule has 4 aromatic rings. The highest BCUT2D eigenvalue weighted by Gasteiger charge is 2.21. The van der Waals surface area contributed by atoms with Crippen LogP contribution in [0, 0.1) is 12.8 Å². The normalized spacial score (nSPS) is 11.3. The Balaban J connectivity index is 1.87. The quantitative estimate of drug-likeness (QED) is 0.407. The molecule has 0 aliphatic heterocycles. The molecule has 0 saturated carbocycles. The van der Waals surface area contributed by atoms with E-state index < -0.39 is 11.2 Å². The minimum Gasteiger partial charge on any atom is -0.497 e. The van der Waals surface area contributed by atoms with Gasteiger partial charge in [0, 0.05) is 12.1 Å². The second kappa shape index (κ2) is 8.90. The highest BCUT2D eigenvalue weighted by Crippen LogP contribution is 2.16. The van der Waals surface area contributed by atoms with Gasteiger partial charge in [0.05, 0.1) is 25.7 Å². The molecule has 0 aliphatic rings. The number of hydrogen-bond donors (Lipinski definition) is 0. The smallest absolute Gasteiger partial charge is 0.337 e. The molecule has 2 aromatic carbocycles. The molecule has 0 saturated heterocycles. The Hall–Kier alpha value is -3.94. The number of benzene rings is 2. The Labute approximate surface area is 190 Å². The van der Waals surface area contributed by atoms with Gasteiger partial charge in [-0.15, -0.1) is 0 Å².